The molecular weight excluding hydrogens is 282 g/mol. The fraction of sp³-hybridized carbons (Fsp3) is 0.583. The molecule has 1 saturated heterocycles. The molecule has 0 aromatic carbocycles. The van der Waals surface area contributed by atoms with Gasteiger partial charge in [-0.1, -0.05) is 11.6 Å². The maximum atomic E-state index is 6.04. The first kappa shape index (κ1) is 14.3. The van der Waals surface area contributed by atoms with Gasteiger partial charge in [0.15, 0.2) is 5.11 Å². The van der Waals surface area contributed by atoms with Crippen LogP contribution in [-0.4, -0.2) is 34.2 Å². The van der Waals surface area contributed by atoms with Crippen LogP contribution in [0.15, 0.2) is 6.07 Å². The predicted octanol–water partition coefficient (Wildman–Crippen LogP) is 2.42. The van der Waals surface area contributed by atoms with Gasteiger partial charge in [-0.05, 0) is 38.9 Å². The van der Waals surface area contributed by atoms with Crippen LogP contribution in [0.2, 0.25) is 5.15 Å². The van der Waals surface area contributed by atoms with Gasteiger partial charge in [-0.2, -0.15) is 4.98 Å². The van der Waals surface area contributed by atoms with Crippen molar-refractivity contribution in [1.82, 2.24) is 15.3 Å². The fourth-order valence-electron chi connectivity index (χ4n) is 1.97. The zero-order valence-electron chi connectivity index (χ0n) is 11.1. The van der Waals surface area contributed by atoms with Gasteiger partial charge in [0.2, 0.25) is 5.95 Å². The van der Waals surface area contributed by atoms with Crippen LogP contribution in [-0.2, 0) is 0 Å². The third kappa shape index (κ3) is 4.18. The molecule has 0 saturated carbocycles. The second-order valence-electron chi connectivity index (χ2n) is 4.82. The summed E-state index contributed by atoms with van der Waals surface area (Å²) in [5, 5.41) is 6.98. The highest BCUT2D eigenvalue weighted by atomic mass is 35.5. The average molecular weight is 300 g/mol. The summed E-state index contributed by atoms with van der Waals surface area (Å²) in [6.45, 7) is 6.06. The molecule has 0 unspecified atom stereocenters. The Kier molecular flexibility index (Phi) is 4.76. The summed E-state index contributed by atoms with van der Waals surface area (Å²) in [6.07, 6.45) is 2.38. The number of rotatable bonds is 3. The molecule has 0 bridgehead atoms. The van der Waals surface area contributed by atoms with Crippen molar-refractivity contribution in [2.45, 2.75) is 32.7 Å². The molecule has 0 aliphatic carbocycles. The minimum atomic E-state index is 0.261. The van der Waals surface area contributed by atoms with Crippen LogP contribution in [0.25, 0.3) is 0 Å². The Labute approximate surface area is 123 Å². The van der Waals surface area contributed by atoms with E-state index in [4.69, 9.17) is 23.8 Å². The van der Waals surface area contributed by atoms with E-state index in [1.807, 2.05) is 13.8 Å². The lowest BCUT2D eigenvalue weighted by molar-refractivity contribution is 0.738. The normalized spacial score (nSPS) is 14.8. The first-order valence-electron chi connectivity index (χ1n) is 6.41. The summed E-state index contributed by atoms with van der Waals surface area (Å²) in [5.41, 5.74) is 0. The lowest BCUT2D eigenvalue weighted by Crippen LogP contribution is -2.34. The van der Waals surface area contributed by atoms with Crippen molar-refractivity contribution in [3.05, 3.63) is 11.2 Å². The molecule has 0 amide bonds. The van der Waals surface area contributed by atoms with E-state index in [1.54, 1.807) is 6.07 Å². The van der Waals surface area contributed by atoms with Crippen LogP contribution in [0.1, 0.15) is 26.7 Å². The van der Waals surface area contributed by atoms with Crippen molar-refractivity contribution in [1.29, 1.82) is 0 Å². The first-order valence-corrected chi connectivity index (χ1v) is 7.20. The maximum absolute atomic E-state index is 6.04. The second kappa shape index (κ2) is 6.34. The van der Waals surface area contributed by atoms with Gasteiger partial charge in [-0.15, -0.1) is 0 Å². The van der Waals surface area contributed by atoms with Crippen LogP contribution in [0.5, 0.6) is 0 Å². The van der Waals surface area contributed by atoms with Crippen LogP contribution < -0.4 is 15.5 Å². The number of halogens is 1. The van der Waals surface area contributed by atoms with Crippen LogP contribution in [0.4, 0.5) is 11.8 Å². The number of nitrogens with one attached hydrogen (secondary N) is 2. The zero-order chi connectivity index (χ0) is 13.8. The third-order valence-electron chi connectivity index (χ3n) is 2.76. The summed E-state index contributed by atoms with van der Waals surface area (Å²) in [4.78, 5) is 10.8. The molecule has 0 radical (unpaired) electrons. The number of anilines is 2. The quantitative estimate of drug-likeness (QED) is 0.660. The van der Waals surface area contributed by atoms with Crippen molar-refractivity contribution >= 4 is 40.7 Å². The molecule has 7 heteroatoms. The molecule has 5 nitrogen and oxygen atoms in total. The van der Waals surface area contributed by atoms with Gasteiger partial charge in [-0.25, -0.2) is 4.98 Å². The van der Waals surface area contributed by atoms with Gasteiger partial charge < -0.3 is 15.5 Å². The van der Waals surface area contributed by atoms with Crippen molar-refractivity contribution in [3.8, 4) is 0 Å². The van der Waals surface area contributed by atoms with Crippen molar-refractivity contribution in [2.24, 2.45) is 0 Å². The largest absolute Gasteiger partial charge is 0.360 e. The minimum Gasteiger partial charge on any atom is -0.360 e. The maximum Gasteiger partial charge on any atom is 0.232 e. The molecule has 1 aromatic rings. The van der Waals surface area contributed by atoms with Crippen LogP contribution >= 0.6 is 23.8 Å². The molecule has 1 aromatic heterocycles. The number of hydrogen-bond acceptors (Lipinski definition) is 4. The van der Waals surface area contributed by atoms with Gasteiger partial charge in [0.25, 0.3) is 0 Å². The molecule has 2 rings (SSSR count). The Balaban J connectivity index is 2.10. The molecule has 0 spiro atoms. The molecule has 1 fully saturated rings. The Hall–Kier alpha value is -1.14. The Morgan fingerprint density at radius 1 is 1.37 bits per heavy atom. The van der Waals surface area contributed by atoms with Gasteiger partial charge in [0.05, 0.1) is 0 Å². The van der Waals surface area contributed by atoms with E-state index in [1.165, 1.54) is 12.8 Å². The number of nitrogens with zero attached hydrogens (tertiary/aromatic N) is 3. The monoisotopic (exact) mass is 299 g/mol. The Morgan fingerprint density at radius 2 is 2.05 bits per heavy atom. The van der Waals surface area contributed by atoms with E-state index >= 15 is 0 Å². The molecular formula is C12H18ClN5S. The highest BCUT2D eigenvalue weighted by Gasteiger charge is 2.15. The number of thiocarbonyl (C=S) groups is 1. The summed E-state index contributed by atoms with van der Waals surface area (Å²) in [6, 6.07) is 2.05. The molecule has 2 heterocycles. The second-order valence-corrected chi connectivity index (χ2v) is 5.62. The topological polar surface area (TPSA) is 53.1 Å². The molecule has 19 heavy (non-hydrogen) atoms. The van der Waals surface area contributed by atoms with E-state index in [2.05, 4.69) is 25.5 Å². The van der Waals surface area contributed by atoms with Crippen LogP contribution in [0.3, 0.4) is 0 Å². The standard InChI is InChI=1S/C12H18ClN5S/c1-8(2)14-12(19)17-11-15-9(13)7-10(16-11)18-5-3-4-6-18/h7-8H,3-6H2,1-2H3,(H2,14,15,16,17,19). The van der Waals surface area contributed by atoms with Crippen molar-refractivity contribution in [2.75, 3.05) is 23.3 Å². The fourth-order valence-corrected chi connectivity index (χ4v) is 2.47. The lowest BCUT2D eigenvalue weighted by Gasteiger charge is -2.18. The van der Waals surface area contributed by atoms with Crippen molar-refractivity contribution in [3.63, 3.8) is 0 Å². The summed E-state index contributed by atoms with van der Waals surface area (Å²) >= 11 is 11.2. The summed E-state index contributed by atoms with van der Waals surface area (Å²) in [7, 11) is 0. The van der Waals surface area contributed by atoms with Gasteiger partial charge >= 0.3 is 0 Å². The number of hydrogen-bond donors (Lipinski definition) is 2. The van der Waals surface area contributed by atoms with Gasteiger partial charge in [-0.3, -0.25) is 0 Å². The Bertz CT molecular complexity index is 459. The highest BCUT2D eigenvalue weighted by Crippen LogP contribution is 2.21. The Morgan fingerprint density at radius 3 is 2.68 bits per heavy atom. The zero-order valence-corrected chi connectivity index (χ0v) is 12.7. The average Bonchev–Trinajstić information content (AvgIpc) is 2.79. The molecule has 1 aliphatic rings. The van der Waals surface area contributed by atoms with E-state index in [0.29, 0.717) is 16.2 Å². The smallest absolute Gasteiger partial charge is 0.232 e. The SMILES string of the molecule is CC(C)NC(=S)Nc1nc(Cl)cc(N2CCCC2)n1. The summed E-state index contributed by atoms with van der Waals surface area (Å²) in [5.74, 6) is 1.29. The minimum absolute atomic E-state index is 0.261. The van der Waals surface area contributed by atoms with E-state index < -0.39 is 0 Å². The van der Waals surface area contributed by atoms with E-state index in [0.717, 1.165) is 18.9 Å². The molecule has 1 aliphatic heterocycles. The van der Waals surface area contributed by atoms with Gasteiger partial charge in [0.1, 0.15) is 11.0 Å². The summed E-state index contributed by atoms with van der Waals surface area (Å²) < 4.78 is 0. The highest BCUT2D eigenvalue weighted by molar-refractivity contribution is 7.80. The molecule has 0 atom stereocenters. The predicted molar refractivity (Wildman–Crippen MR) is 83.0 cm³/mol. The molecule has 2 N–H and O–H groups in total. The van der Waals surface area contributed by atoms with Crippen molar-refractivity contribution < 1.29 is 0 Å². The van der Waals surface area contributed by atoms with Gasteiger partial charge in [0, 0.05) is 25.2 Å². The lowest BCUT2D eigenvalue weighted by atomic mass is 10.4. The number of aromatic nitrogens is 2. The van der Waals surface area contributed by atoms with E-state index in [9.17, 15) is 0 Å². The first-order chi connectivity index (χ1) is 9.04. The van der Waals surface area contributed by atoms with E-state index in [-0.39, 0.29) is 6.04 Å². The van der Waals surface area contributed by atoms with Crippen LogP contribution in [0, 0.1) is 0 Å². The third-order valence-corrected chi connectivity index (χ3v) is 3.17. The molecule has 104 valence electrons.